The average molecular weight is 287 g/mol. The number of fused-ring (bicyclic) bond motifs is 1. The monoisotopic (exact) mass is 287 g/mol. The first kappa shape index (κ1) is 13.6. The first-order valence-electron chi connectivity index (χ1n) is 6.49. The van der Waals surface area contributed by atoms with Crippen molar-refractivity contribution in [2.24, 2.45) is 0 Å². The highest BCUT2D eigenvalue weighted by molar-refractivity contribution is 5.86. The molecule has 0 atom stereocenters. The average Bonchev–Trinajstić information content (AvgIpc) is 2.45. The Morgan fingerprint density at radius 2 is 1.71 bits per heavy atom. The highest BCUT2D eigenvalue weighted by Gasteiger charge is 2.33. The molecule has 0 fully saturated rings. The maximum atomic E-state index is 13.0. The van der Waals surface area contributed by atoms with E-state index in [2.05, 4.69) is 4.98 Å². The van der Waals surface area contributed by atoms with Crippen LogP contribution < -0.4 is 0 Å². The second-order valence-electron chi connectivity index (χ2n) is 4.91. The van der Waals surface area contributed by atoms with E-state index in [4.69, 9.17) is 0 Å². The first-order chi connectivity index (χ1) is 9.97. The van der Waals surface area contributed by atoms with E-state index in [1.165, 1.54) is 12.3 Å². The number of nitrogens with zero attached hydrogens (tertiary/aromatic N) is 1. The molecule has 21 heavy (non-hydrogen) atoms. The summed E-state index contributed by atoms with van der Waals surface area (Å²) in [5.74, 6) is 0. The minimum atomic E-state index is -4.39. The molecule has 0 unspecified atom stereocenters. The summed E-state index contributed by atoms with van der Waals surface area (Å²) in [6.45, 7) is 1.96. The maximum absolute atomic E-state index is 13.0. The minimum Gasteiger partial charge on any atom is -0.255 e. The van der Waals surface area contributed by atoms with Crippen LogP contribution in [0.5, 0.6) is 0 Å². The number of halogens is 3. The molecule has 0 saturated heterocycles. The molecule has 1 nitrogen and oxygen atoms in total. The highest BCUT2D eigenvalue weighted by atomic mass is 19.4. The Kier molecular flexibility index (Phi) is 3.16. The van der Waals surface area contributed by atoms with Gasteiger partial charge in [-0.2, -0.15) is 13.2 Å². The lowest BCUT2D eigenvalue weighted by Crippen LogP contribution is -2.06. The van der Waals surface area contributed by atoms with E-state index in [0.717, 1.165) is 22.8 Å². The number of aryl methyl sites for hydroxylation is 1. The third kappa shape index (κ3) is 2.49. The number of para-hydroxylation sites is 1. The lowest BCUT2D eigenvalue weighted by Gasteiger charge is -2.11. The van der Waals surface area contributed by atoms with Crippen LogP contribution in [0, 0.1) is 6.92 Å². The zero-order valence-electron chi connectivity index (χ0n) is 11.3. The third-order valence-electron chi connectivity index (χ3n) is 3.47. The van der Waals surface area contributed by atoms with Gasteiger partial charge < -0.3 is 0 Å². The molecular weight excluding hydrogens is 275 g/mol. The molecule has 0 amide bonds. The molecule has 0 aliphatic carbocycles. The molecule has 2 aromatic carbocycles. The van der Waals surface area contributed by atoms with Crippen molar-refractivity contribution in [1.82, 2.24) is 4.98 Å². The van der Waals surface area contributed by atoms with Gasteiger partial charge in [0, 0.05) is 17.1 Å². The Morgan fingerprint density at radius 3 is 2.43 bits per heavy atom. The van der Waals surface area contributed by atoms with Crippen LogP contribution in [-0.2, 0) is 6.18 Å². The number of aromatic nitrogens is 1. The van der Waals surface area contributed by atoms with E-state index in [0.29, 0.717) is 5.39 Å². The Morgan fingerprint density at radius 1 is 0.952 bits per heavy atom. The number of hydrogen-bond donors (Lipinski definition) is 0. The van der Waals surface area contributed by atoms with Gasteiger partial charge in [0.15, 0.2) is 0 Å². The fourth-order valence-electron chi connectivity index (χ4n) is 2.43. The summed E-state index contributed by atoms with van der Waals surface area (Å²) < 4.78 is 38.9. The van der Waals surface area contributed by atoms with Crippen molar-refractivity contribution in [3.8, 4) is 11.1 Å². The van der Waals surface area contributed by atoms with E-state index in [-0.39, 0.29) is 5.52 Å². The Labute approximate surface area is 120 Å². The van der Waals surface area contributed by atoms with Crippen molar-refractivity contribution in [2.75, 3.05) is 0 Å². The van der Waals surface area contributed by atoms with Gasteiger partial charge >= 0.3 is 6.18 Å². The Balaban J connectivity index is 2.21. The van der Waals surface area contributed by atoms with Crippen molar-refractivity contribution in [3.05, 3.63) is 65.9 Å². The molecule has 1 aromatic heterocycles. The van der Waals surface area contributed by atoms with Crippen LogP contribution in [0.25, 0.3) is 22.0 Å². The smallest absolute Gasteiger partial charge is 0.255 e. The number of alkyl halides is 3. The van der Waals surface area contributed by atoms with Gasteiger partial charge in [-0.3, -0.25) is 4.98 Å². The van der Waals surface area contributed by atoms with Gasteiger partial charge in [0.25, 0.3) is 0 Å². The van der Waals surface area contributed by atoms with Gasteiger partial charge in [0.1, 0.15) is 0 Å². The molecule has 0 bridgehead atoms. The SMILES string of the molecule is Cc1ccccc1-c1cnc2c(C(F)(F)F)cccc2c1. The first-order valence-corrected chi connectivity index (χ1v) is 6.49. The van der Waals surface area contributed by atoms with Gasteiger partial charge in [-0.1, -0.05) is 36.4 Å². The van der Waals surface area contributed by atoms with Crippen LogP contribution >= 0.6 is 0 Å². The van der Waals surface area contributed by atoms with Crippen LogP contribution in [0.4, 0.5) is 13.2 Å². The summed E-state index contributed by atoms with van der Waals surface area (Å²) in [6, 6.07) is 13.6. The molecule has 106 valence electrons. The Bertz CT molecular complexity index is 806. The van der Waals surface area contributed by atoms with E-state index in [9.17, 15) is 13.2 Å². The normalized spacial score (nSPS) is 11.8. The van der Waals surface area contributed by atoms with E-state index >= 15 is 0 Å². The fraction of sp³-hybridized carbons (Fsp3) is 0.118. The van der Waals surface area contributed by atoms with Gasteiger partial charge in [-0.25, -0.2) is 0 Å². The van der Waals surface area contributed by atoms with E-state index in [1.54, 1.807) is 12.1 Å². The molecule has 3 rings (SSSR count). The third-order valence-corrected chi connectivity index (χ3v) is 3.47. The number of rotatable bonds is 1. The number of pyridine rings is 1. The predicted octanol–water partition coefficient (Wildman–Crippen LogP) is 5.23. The summed E-state index contributed by atoms with van der Waals surface area (Å²) in [4.78, 5) is 4.05. The van der Waals surface area contributed by atoms with Crippen LogP contribution in [-0.4, -0.2) is 4.98 Å². The lowest BCUT2D eigenvalue weighted by atomic mass is 10.00. The van der Waals surface area contributed by atoms with Crippen LogP contribution in [0.1, 0.15) is 11.1 Å². The van der Waals surface area contributed by atoms with Crippen molar-refractivity contribution in [3.63, 3.8) is 0 Å². The van der Waals surface area contributed by atoms with Crippen LogP contribution in [0.3, 0.4) is 0 Å². The zero-order chi connectivity index (χ0) is 15.0. The lowest BCUT2D eigenvalue weighted by molar-refractivity contribution is -0.136. The molecule has 0 radical (unpaired) electrons. The van der Waals surface area contributed by atoms with E-state index < -0.39 is 11.7 Å². The standard InChI is InChI=1S/C17H12F3N/c1-11-5-2-3-7-14(11)13-9-12-6-4-8-15(17(18,19)20)16(12)21-10-13/h2-10H,1H3. The number of hydrogen-bond acceptors (Lipinski definition) is 1. The van der Waals surface area contributed by atoms with E-state index in [1.807, 2.05) is 31.2 Å². The molecule has 0 spiro atoms. The Hall–Kier alpha value is -2.36. The van der Waals surface area contributed by atoms with Gasteiger partial charge in [0.05, 0.1) is 11.1 Å². The quantitative estimate of drug-likeness (QED) is 0.597. The van der Waals surface area contributed by atoms with Gasteiger partial charge in [-0.15, -0.1) is 0 Å². The molecule has 1 heterocycles. The summed E-state index contributed by atoms with van der Waals surface area (Å²) in [5.41, 5.74) is 2.15. The fourth-order valence-corrected chi connectivity index (χ4v) is 2.43. The van der Waals surface area contributed by atoms with Crippen LogP contribution in [0.15, 0.2) is 54.7 Å². The molecular formula is C17H12F3N. The summed E-state index contributed by atoms with van der Waals surface area (Å²) in [7, 11) is 0. The zero-order valence-corrected chi connectivity index (χ0v) is 11.3. The second kappa shape index (κ2) is 4.88. The molecule has 0 aliphatic rings. The maximum Gasteiger partial charge on any atom is 0.418 e. The largest absolute Gasteiger partial charge is 0.418 e. The molecule has 0 saturated carbocycles. The van der Waals surface area contributed by atoms with Crippen molar-refractivity contribution in [1.29, 1.82) is 0 Å². The van der Waals surface area contributed by atoms with Gasteiger partial charge in [0.2, 0.25) is 0 Å². The van der Waals surface area contributed by atoms with Crippen molar-refractivity contribution >= 4 is 10.9 Å². The summed E-state index contributed by atoms with van der Waals surface area (Å²) in [6.07, 6.45) is -2.89. The van der Waals surface area contributed by atoms with Crippen molar-refractivity contribution in [2.45, 2.75) is 13.1 Å². The number of benzene rings is 2. The summed E-state index contributed by atoms with van der Waals surface area (Å²) in [5, 5.41) is 0.491. The molecule has 3 aromatic rings. The highest BCUT2D eigenvalue weighted by Crippen LogP contribution is 2.35. The van der Waals surface area contributed by atoms with Crippen molar-refractivity contribution < 1.29 is 13.2 Å². The van der Waals surface area contributed by atoms with Crippen LogP contribution in [0.2, 0.25) is 0 Å². The minimum absolute atomic E-state index is 0.0117. The predicted molar refractivity (Wildman–Crippen MR) is 76.9 cm³/mol. The summed E-state index contributed by atoms with van der Waals surface area (Å²) >= 11 is 0. The molecule has 4 heteroatoms. The second-order valence-corrected chi connectivity index (χ2v) is 4.91. The molecule has 0 N–H and O–H groups in total. The topological polar surface area (TPSA) is 12.9 Å². The molecule has 0 aliphatic heterocycles. The van der Waals surface area contributed by atoms with Gasteiger partial charge in [-0.05, 0) is 30.2 Å².